The lowest BCUT2D eigenvalue weighted by Crippen LogP contribution is -2.12. The van der Waals surface area contributed by atoms with Gasteiger partial charge in [0.15, 0.2) is 0 Å². The Morgan fingerprint density at radius 1 is 1.29 bits per heavy atom. The molecule has 1 heterocycles. The molecule has 0 aliphatic rings. The summed E-state index contributed by atoms with van der Waals surface area (Å²) in [5, 5.41) is 1.02. The van der Waals surface area contributed by atoms with E-state index in [1.165, 1.54) is 0 Å². The maximum absolute atomic E-state index is 11.1. The Morgan fingerprint density at radius 2 is 2.00 bits per heavy atom. The van der Waals surface area contributed by atoms with E-state index >= 15 is 0 Å². The number of carbonyl (C=O) groups is 1. The number of pyridine rings is 1. The van der Waals surface area contributed by atoms with Crippen molar-refractivity contribution in [3.8, 4) is 0 Å². The largest absolute Gasteiger partial charge is 0.377 e. The molecule has 4 heteroatoms. The van der Waals surface area contributed by atoms with Crippen molar-refractivity contribution in [2.75, 3.05) is 19.0 Å². The summed E-state index contributed by atoms with van der Waals surface area (Å²) in [7, 11) is 3.96. The van der Waals surface area contributed by atoms with Gasteiger partial charge in [0.05, 0.1) is 5.52 Å². The van der Waals surface area contributed by atoms with Crippen LogP contribution in [0.25, 0.3) is 10.9 Å². The molecule has 2 N–H and O–H groups in total. The Kier molecular flexibility index (Phi) is 2.71. The second kappa shape index (κ2) is 4.05. The number of nitrogens with zero attached hydrogens (tertiary/aromatic N) is 2. The van der Waals surface area contributed by atoms with E-state index in [9.17, 15) is 4.79 Å². The molecule has 4 nitrogen and oxygen atoms in total. The fourth-order valence-electron chi connectivity index (χ4n) is 1.86. The average Bonchev–Trinajstić information content (AvgIpc) is 2.26. The van der Waals surface area contributed by atoms with Gasteiger partial charge in [0.2, 0.25) is 5.91 Å². The van der Waals surface area contributed by atoms with Gasteiger partial charge >= 0.3 is 0 Å². The Morgan fingerprint density at radius 3 is 2.59 bits per heavy atom. The van der Waals surface area contributed by atoms with Gasteiger partial charge in [-0.3, -0.25) is 9.78 Å². The smallest absolute Gasteiger partial charge is 0.248 e. The zero-order valence-electron chi connectivity index (χ0n) is 10.2. The molecule has 2 rings (SSSR count). The van der Waals surface area contributed by atoms with Crippen molar-refractivity contribution < 1.29 is 4.79 Å². The van der Waals surface area contributed by atoms with Crippen LogP contribution in [0.4, 0.5) is 5.69 Å². The highest BCUT2D eigenvalue weighted by atomic mass is 16.1. The molecule has 0 saturated heterocycles. The van der Waals surface area contributed by atoms with Crippen molar-refractivity contribution in [3.05, 3.63) is 35.5 Å². The van der Waals surface area contributed by atoms with E-state index in [2.05, 4.69) is 4.98 Å². The molecular formula is C13H15N3O. The minimum Gasteiger partial charge on any atom is -0.377 e. The SMILES string of the molecule is Cc1cc(N(C)C)c2ccc(C(N)=O)cc2n1. The molecule has 2 aromatic rings. The summed E-state index contributed by atoms with van der Waals surface area (Å²) in [5.74, 6) is -0.429. The maximum Gasteiger partial charge on any atom is 0.248 e. The van der Waals surface area contributed by atoms with Crippen molar-refractivity contribution in [1.82, 2.24) is 4.98 Å². The summed E-state index contributed by atoms with van der Waals surface area (Å²) in [4.78, 5) is 17.6. The quantitative estimate of drug-likeness (QED) is 0.852. The minimum absolute atomic E-state index is 0.429. The van der Waals surface area contributed by atoms with Crippen LogP contribution in [0.3, 0.4) is 0 Å². The summed E-state index contributed by atoms with van der Waals surface area (Å²) < 4.78 is 0. The van der Waals surface area contributed by atoms with Crippen LogP contribution in [-0.2, 0) is 0 Å². The minimum atomic E-state index is -0.429. The summed E-state index contributed by atoms with van der Waals surface area (Å²) in [6.07, 6.45) is 0. The Bertz CT molecular complexity index is 590. The number of aromatic nitrogens is 1. The Labute approximate surface area is 100 Å². The van der Waals surface area contributed by atoms with Crippen LogP contribution in [0.15, 0.2) is 24.3 Å². The number of benzene rings is 1. The van der Waals surface area contributed by atoms with Gasteiger partial charge in [0.25, 0.3) is 0 Å². The fraction of sp³-hybridized carbons (Fsp3) is 0.231. The highest BCUT2D eigenvalue weighted by Gasteiger charge is 2.08. The van der Waals surface area contributed by atoms with Crippen LogP contribution in [0.2, 0.25) is 0 Å². The summed E-state index contributed by atoms with van der Waals surface area (Å²) in [6, 6.07) is 7.37. The van der Waals surface area contributed by atoms with Crippen LogP contribution in [-0.4, -0.2) is 25.0 Å². The first-order chi connectivity index (χ1) is 7.99. The van der Waals surface area contributed by atoms with Crippen molar-refractivity contribution in [2.45, 2.75) is 6.92 Å². The number of hydrogen-bond acceptors (Lipinski definition) is 3. The molecule has 0 aliphatic heterocycles. The summed E-state index contributed by atoms with van der Waals surface area (Å²) in [5.41, 5.74) is 8.55. The van der Waals surface area contributed by atoms with Crippen LogP contribution < -0.4 is 10.6 Å². The predicted octanol–water partition coefficient (Wildman–Crippen LogP) is 1.71. The van der Waals surface area contributed by atoms with E-state index in [1.54, 1.807) is 12.1 Å². The first kappa shape index (κ1) is 11.4. The van der Waals surface area contributed by atoms with Gasteiger partial charge in [-0.1, -0.05) is 0 Å². The van der Waals surface area contributed by atoms with E-state index in [0.717, 1.165) is 22.3 Å². The van der Waals surface area contributed by atoms with Crippen LogP contribution in [0.5, 0.6) is 0 Å². The second-order valence-corrected chi connectivity index (χ2v) is 4.27. The van der Waals surface area contributed by atoms with E-state index in [0.29, 0.717) is 5.56 Å². The normalized spacial score (nSPS) is 10.5. The number of hydrogen-bond donors (Lipinski definition) is 1. The van der Waals surface area contributed by atoms with E-state index in [4.69, 9.17) is 5.73 Å². The highest BCUT2D eigenvalue weighted by Crippen LogP contribution is 2.25. The molecule has 0 saturated carbocycles. The van der Waals surface area contributed by atoms with Gasteiger partial charge in [0.1, 0.15) is 0 Å². The third-order valence-electron chi connectivity index (χ3n) is 2.68. The van der Waals surface area contributed by atoms with Crippen molar-refractivity contribution in [2.24, 2.45) is 5.73 Å². The summed E-state index contributed by atoms with van der Waals surface area (Å²) >= 11 is 0. The zero-order chi connectivity index (χ0) is 12.6. The number of aryl methyl sites for hydroxylation is 1. The number of amides is 1. The number of nitrogens with two attached hydrogens (primary N) is 1. The van der Waals surface area contributed by atoms with E-state index in [1.807, 2.05) is 38.1 Å². The van der Waals surface area contributed by atoms with Gasteiger partial charge < -0.3 is 10.6 Å². The molecule has 1 aromatic heterocycles. The predicted molar refractivity (Wildman–Crippen MR) is 69.3 cm³/mol. The molecular weight excluding hydrogens is 214 g/mol. The van der Waals surface area contributed by atoms with Gasteiger partial charge in [-0.25, -0.2) is 0 Å². The lowest BCUT2D eigenvalue weighted by Gasteiger charge is -2.16. The topological polar surface area (TPSA) is 59.2 Å². The molecule has 0 aliphatic carbocycles. The second-order valence-electron chi connectivity index (χ2n) is 4.27. The van der Waals surface area contributed by atoms with E-state index < -0.39 is 5.91 Å². The third kappa shape index (κ3) is 2.06. The molecule has 17 heavy (non-hydrogen) atoms. The lowest BCUT2D eigenvalue weighted by atomic mass is 10.1. The number of primary amides is 1. The van der Waals surface area contributed by atoms with Gasteiger partial charge in [-0.2, -0.15) is 0 Å². The number of rotatable bonds is 2. The van der Waals surface area contributed by atoms with Gasteiger partial charge in [-0.15, -0.1) is 0 Å². The van der Waals surface area contributed by atoms with Crippen molar-refractivity contribution in [1.29, 1.82) is 0 Å². The molecule has 0 atom stereocenters. The molecule has 0 unspecified atom stereocenters. The van der Waals surface area contributed by atoms with Crippen LogP contribution in [0.1, 0.15) is 16.1 Å². The standard InChI is InChI=1S/C13H15N3O/c1-8-6-12(16(2)3)10-5-4-9(13(14)17)7-11(10)15-8/h4-7H,1-3H3,(H2,14,17). The highest BCUT2D eigenvalue weighted by molar-refractivity contribution is 5.99. The first-order valence-electron chi connectivity index (χ1n) is 5.37. The molecule has 0 spiro atoms. The van der Waals surface area contributed by atoms with E-state index in [-0.39, 0.29) is 0 Å². The molecule has 88 valence electrons. The lowest BCUT2D eigenvalue weighted by molar-refractivity contribution is 0.100. The van der Waals surface area contributed by atoms with Gasteiger partial charge in [-0.05, 0) is 31.2 Å². The molecule has 1 aromatic carbocycles. The van der Waals surface area contributed by atoms with Crippen LogP contribution >= 0.6 is 0 Å². The average molecular weight is 229 g/mol. The molecule has 1 amide bonds. The molecule has 0 fully saturated rings. The number of anilines is 1. The Balaban J connectivity index is 2.75. The number of carbonyl (C=O) groups excluding carboxylic acids is 1. The maximum atomic E-state index is 11.1. The van der Waals surface area contributed by atoms with Crippen molar-refractivity contribution >= 4 is 22.5 Å². The first-order valence-corrected chi connectivity index (χ1v) is 5.37. The number of fused-ring (bicyclic) bond motifs is 1. The monoisotopic (exact) mass is 229 g/mol. The third-order valence-corrected chi connectivity index (χ3v) is 2.68. The molecule has 0 radical (unpaired) electrons. The van der Waals surface area contributed by atoms with Crippen LogP contribution in [0, 0.1) is 6.92 Å². The molecule has 0 bridgehead atoms. The van der Waals surface area contributed by atoms with Crippen molar-refractivity contribution in [3.63, 3.8) is 0 Å². The summed E-state index contributed by atoms with van der Waals surface area (Å²) in [6.45, 7) is 1.93. The Hall–Kier alpha value is -2.10. The fourth-order valence-corrected chi connectivity index (χ4v) is 1.86. The van der Waals surface area contributed by atoms with Gasteiger partial charge in [0, 0.05) is 36.4 Å². The zero-order valence-corrected chi connectivity index (χ0v) is 10.2.